The minimum Gasteiger partial charge on any atom is -0.497 e. The molecule has 2 amide bonds. The molecule has 2 heterocycles. The second-order valence-corrected chi connectivity index (χ2v) is 7.14. The number of ether oxygens (including phenoxy) is 2. The number of H-pyrrole nitrogens is 1. The van der Waals surface area contributed by atoms with Crippen LogP contribution >= 0.6 is 0 Å². The van der Waals surface area contributed by atoms with E-state index in [9.17, 15) is 9.59 Å². The van der Waals surface area contributed by atoms with Gasteiger partial charge in [-0.25, -0.2) is 4.79 Å². The van der Waals surface area contributed by atoms with Crippen LogP contribution in [0.15, 0.2) is 76.1 Å². The zero-order chi connectivity index (χ0) is 22.5. The summed E-state index contributed by atoms with van der Waals surface area (Å²) in [5, 5.41) is 3.66. The number of rotatable bonds is 7. The molecule has 0 aliphatic heterocycles. The Labute approximate surface area is 184 Å². The summed E-state index contributed by atoms with van der Waals surface area (Å²) in [5.41, 5.74) is 1.39. The van der Waals surface area contributed by atoms with Gasteiger partial charge in [0.15, 0.2) is 0 Å². The number of benzene rings is 2. The number of carbonyl (C=O) groups excluding carboxylic acids is 1. The predicted molar refractivity (Wildman–Crippen MR) is 121 cm³/mol. The molecule has 164 valence electrons. The molecule has 0 fully saturated rings. The lowest BCUT2D eigenvalue weighted by atomic mass is 10.1. The fourth-order valence-corrected chi connectivity index (χ4v) is 3.41. The third-order valence-electron chi connectivity index (χ3n) is 5.05. The number of para-hydroxylation sites is 2. The molecule has 8 heteroatoms. The zero-order valence-corrected chi connectivity index (χ0v) is 17.8. The summed E-state index contributed by atoms with van der Waals surface area (Å²) in [5.74, 6) is 1.81. The molecule has 4 rings (SSSR count). The molecule has 0 spiro atoms. The summed E-state index contributed by atoms with van der Waals surface area (Å²) < 4.78 is 16.0. The van der Waals surface area contributed by atoms with Gasteiger partial charge in [-0.15, -0.1) is 0 Å². The average Bonchev–Trinajstić information content (AvgIpc) is 3.32. The second-order valence-electron chi connectivity index (χ2n) is 7.14. The Bertz CT molecular complexity index is 1280. The topological polar surface area (TPSA) is 96.8 Å². The molecule has 2 aromatic carbocycles. The number of methoxy groups -OCH3 is 2. The van der Waals surface area contributed by atoms with Crippen molar-refractivity contribution in [2.24, 2.45) is 0 Å². The lowest BCUT2D eigenvalue weighted by Gasteiger charge is -2.23. The van der Waals surface area contributed by atoms with E-state index in [2.05, 4.69) is 10.3 Å². The van der Waals surface area contributed by atoms with Crippen molar-refractivity contribution in [2.75, 3.05) is 19.5 Å². The minimum atomic E-state index is -0.393. The SMILES string of the molecule is COc1ccc2[nH]c(=O)c(CN(Cc3ccco3)C(=O)Nc3ccccc3OC)cc2c1. The molecular weight excluding hydrogens is 410 g/mol. The second kappa shape index (κ2) is 9.30. The molecule has 0 unspecified atom stereocenters. The van der Waals surface area contributed by atoms with Crippen molar-refractivity contribution in [1.82, 2.24) is 9.88 Å². The molecule has 0 radical (unpaired) electrons. The third-order valence-corrected chi connectivity index (χ3v) is 5.05. The van der Waals surface area contributed by atoms with E-state index in [-0.39, 0.29) is 18.6 Å². The predicted octanol–water partition coefficient (Wildman–Crippen LogP) is 4.37. The molecule has 0 atom stereocenters. The van der Waals surface area contributed by atoms with Crippen molar-refractivity contribution in [3.63, 3.8) is 0 Å². The molecular formula is C24H23N3O5. The first-order valence-electron chi connectivity index (χ1n) is 9.98. The van der Waals surface area contributed by atoms with Gasteiger partial charge in [-0.05, 0) is 48.5 Å². The number of aromatic nitrogens is 1. The fraction of sp³-hybridized carbons (Fsp3) is 0.167. The summed E-state index contributed by atoms with van der Waals surface area (Å²) in [6.07, 6.45) is 1.54. The summed E-state index contributed by atoms with van der Waals surface area (Å²) in [7, 11) is 3.12. The smallest absolute Gasteiger partial charge is 0.322 e. The van der Waals surface area contributed by atoms with E-state index < -0.39 is 6.03 Å². The van der Waals surface area contributed by atoms with Crippen molar-refractivity contribution in [3.8, 4) is 11.5 Å². The Morgan fingerprint density at radius 3 is 2.62 bits per heavy atom. The number of anilines is 1. The first kappa shape index (κ1) is 21.0. The van der Waals surface area contributed by atoms with Gasteiger partial charge in [0.2, 0.25) is 0 Å². The fourth-order valence-electron chi connectivity index (χ4n) is 3.41. The van der Waals surface area contributed by atoms with E-state index in [0.29, 0.717) is 34.0 Å². The zero-order valence-electron chi connectivity index (χ0n) is 17.8. The first-order chi connectivity index (χ1) is 15.6. The van der Waals surface area contributed by atoms with Gasteiger partial charge < -0.3 is 29.1 Å². The molecule has 32 heavy (non-hydrogen) atoms. The minimum absolute atomic E-state index is 0.0736. The number of hydrogen-bond donors (Lipinski definition) is 2. The number of carbonyl (C=O) groups is 1. The Morgan fingerprint density at radius 1 is 1.03 bits per heavy atom. The Hall–Kier alpha value is -4.20. The van der Waals surface area contributed by atoms with E-state index in [1.807, 2.05) is 12.1 Å². The van der Waals surface area contributed by atoms with Crippen molar-refractivity contribution in [2.45, 2.75) is 13.1 Å². The van der Waals surface area contributed by atoms with Crippen LogP contribution in [0.1, 0.15) is 11.3 Å². The van der Waals surface area contributed by atoms with Crippen LogP contribution in [0.3, 0.4) is 0 Å². The van der Waals surface area contributed by atoms with Crippen molar-refractivity contribution < 1.29 is 18.7 Å². The molecule has 2 N–H and O–H groups in total. The lowest BCUT2D eigenvalue weighted by molar-refractivity contribution is 0.201. The molecule has 0 bridgehead atoms. The highest BCUT2D eigenvalue weighted by atomic mass is 16.5. The van der Waals surface area contributed by atoms with Gasteiger partial charge in [-0.1, -0.05) is 12.1 Å². The third kappa shape index (κ3) is 4.59. The van der Waals surface area contributed by atoms with E-state index in [4.69, 9.17) is 13.9 Å². The number of furan rings is 1. The van der Waals surface area contributed by atoms with Crippen LogP contribution in [0.4, 0.5) is 10.5 Å². The Balaban J connectivity index is 1.65. The van der Waals surface area contributed by atoms with Gasteiger partial charge in [0, 0.05) is 16.5 Å². The Kier molecular flexibility index (Phi) is 6.12. The maximum Gasteiger partial charge on any atom is 0.322 e. The molecule has 0 saturated heterocycles. The summed E-state index contributed by atoms with van der Waals surface area (Å²) in [6, 6.07) is 17.4. The van der Waals surface area contributed by atoms with Crippen molar-refractivity contribution >= 4 is 22.6 Å². The largest absolute Gasteiger partial charge is 0.497 e. The van der Waals surface area contributed by atoms with E-state index in [0.717, 1.165) is 5.39 Å². The number of pyridine rings is 1. The van der Waals surface area contributed by atoms with Gasteiger partial charge in [0.1, 0.15) is 17.3 Å². The van der Waals surface area contributed by atoms with Crippen LogP contribution in [-0.2, 0) is 13.1 Å². The van der Waals surface area contributed by atoms with Gasteiger partial charge in [0.05, 0.1) is 39.3 Å². The summed E-state index contributed by atoms with van der Waals surface area (Å²) in [4.78, 5) is 30.3. The van der Waals surface area contributed by atoms with Crippen molar-refractivity contribution in [1.29, 1.82) is 0 Å². The molecule has 0 saturated carbocycles. The van der Waals surface area contributed by atoms with Crippen LogP contribution < -0.4 is 20.3 Å². The van der Waals surface area contributed by atoms with Gasteiger partial charge in [0.25, 0.3) is 5.56 Å². The number of nitrogens with one attached hydrogen (secondary N) is 2. The monoisotopic (exact) mass is 433 g/mol. The van der Waals surface area contributed by atoms with Crippen LogP contribution in [0.2, 0.25) is 0 Å². The van der Waals surface area contributed by atoms with Gasteiger partial charge >= 0.3 is 6.03 Å². The molecule has 0 aliphatic rings. The maximum atomic E-state index is 13.2. The van der Waals surface area contributed by atoms with E-state index in [1.54, 1.807) is 61.9 Å². The van der Waals surface area contributed by atoms with Crippen LogP contribution in [0.5, 0.6) is 11.5 Å². The number of urea groups is 1. The van der Waals surface area contributed by atoms with Gasteiger partial charge in [-0.2, -0.15) is 0 Å². The molecule has 8 nitrogen and oxygen atoms in total. The number of aromatic amines is 1. The summed E-state index contributed by atoms with van der Waals surface area (Å²) >= 11 is 0. The van der Waals surface area contributed by atoms with Crippen LogP contribution in [-0.4, -0.2) is 30.1 Å². The standard InChI is InChI=1S/C24H23N3O5/c1-30-18-9-10-20-16(13-18)12-17(23(28)25-20)14-27(15-19-6-5-11-32-19)24(29)26-21-7-3-4-8-22(21)31-2/h3-13H,14-15H2,1-2H3,(H,25,28)(H,26,29). The van der Waals surface area contributed by atoms with Crippen molar-refractivity contribution in [3.05, 3.63) is 88.6 Å². The van der Waals surface area contributed by atoms with Crippen LogP contribution in [0, 0.1) is 0 Å². The molecule has 2 aromatic heterocycles. The number of nitrogens with zero attached hydrogens (tertiary/aromatic N) is 1. The van der Waals surface area contributed by atoms with E-state index >= 15 is 0 Å². The molecule has 0 aliphatic carbocycles. The normalized spacial score (nSPS) is 10.7. The Morgan fingerprint density at radius 2 is 1.88 bits per heavy atom. The maximum absolute atomic E-state index is 13.2. The van der Waals surface area contributed by atoms with Crippen LogP contribution in [0.25, 0.3) is 10.9 Å². The van der Waals surface area contributed by atoms with Gasteiger partial charge in [-0.3, -0.25) is 4.79 Å². The first-order valence-corrected chi connectivity index (χ1v) is 9.98. The molecule has 4 aromatic rings. The number of amides is 2. The lowest BCUT2D eigenvalue weighted by Crippen LogP contribution is -2.35. The van der Waals surface area contributed by atoms with E-state index in [1.165, 1.54) is 12.0 Å². The quantitative estimate of drug-likeness (QED) is 0.451. The number of fused-ring (bicyclic) bond motifs is 1. The highest BCUT2D eigenvalue weighted by molar-refractivity contribution is 5.91. The summed E-state index contributed by atoms with van der Waals surface area (Å²) in [6.45, 7) is 0.258. The highest BCUT2D eigenvalue weighted by Crippen LogP contribution is 2.24. The number of hydrogen-bond acceptors (Lipinski definition) is 5. The highest BCUT2D eigenvalue weighted by Gasteiger charge is 2.19. The average molecular weight is 433 g/mol.